The Balaban J connectivity index is 1.44. The van der Waals surface area contributed by atoms with E-state index in [0.29, 0.717) is 42.7 Å². The Morgan fingerprint density at radius 3 is 2.73 bits per heavy atom. The van der Waals surface area contributed by atoms with Crippen LogP contribution in [0.1, 0.15) is 36.2 Å². The fraction of sp³-hybridized carbons (Fsp3) is 0.474. The summed E-state index contributed by atoms with van der Waals surface area (Å²) in [6.07, 6.45) is 4.74. The van der Waals surface area contributed by atoms with Gasteiger partial charge in [0, 0.05) is 30.7 Å². The average Bonchev–Trinajstić information content (AvgIpc) is 3.38. The number of carbonyl (C=O) groups excluding carboxylic acids is 1. The largest absolute Gasteiger partial charge is 0.401 e. The van der Waals surface area contributed by atoms with Crippen LogP contribution in [0.4, 0.5) is 13.2 Å². The number of imidazole rings is 1. The molecule has 0 unspecified atom stereocenters. The quantitative estimate of drug-likeness (QED) is 0.661. The highest BCUT2D eigenvalue weighted by Crippen LogP contribution is 2.26. The minimum atomic E-state index is -4.21. The smallest absolute Gasteiger partial charge is 0.358 e. The average molecular weight is 421 g/mol. The maximum atomic E-state index is 12.9. The number of fused-ring (bicyclic) bond motifs is 1. The van der Waals surface area contributed by atoms with E-state index in [0.717, 1.165) is 0 Å². The second-order valence-electron chi connectivity index (χ2n) is 7.59. The Kier molecular flexibility index (Phi) is 5.46. The minimum Gasteiger partial charge on any atom is -0.358 e. The molecule has 0 aromatic carbocycles. The number of aromatic amines is 1. The molecule has 1 aliphatic carbocycles. The van der Waals surface area contributed by atoms with Crippen molar-refractivity contribution >= 4 is 16.9 Å². The second-order valence-corrected chi connectivity index (χ2v) is 7.59. The number of hydrogen-bond donors (Lipinski definition) is 2. The van der Waals surface area contributed by atoms with E-state index < -0.39 is 12.7 Å². The van der Waals surface area contributed by atoms with E-state index in [9.17, 15) is 18.0 Å². The molecule has 0 saturated heterocycles. The topological polar surface area (TPSA) is 91.7 Å². The molecule has 0 aliphatic heterocycles. The Labute approximate surface area is 170 Å². The third-order valence-corrected chi connectivity index (χ3v) is 5.43. The van der Waals surface area contributed by atoms with E-state index in [2.05, 4.69) is 25.3 Å². The fourth-order valence-electron chi connectivity index (χ4n) is 3.92. The summed E-state index contributed by atoms with van der Waals surface area (Å²) < 4.78 is 39.5. The summed E-state index contributed by atoms with van der Waals surface area (Å²) in [6.45, 7) is -0.919. The molecule has 30 heavy (non-hydrogen) atoms. The molecule has 1 saturated carbocycles. The first-order chi connectivity index (χ1) is 14.3. The highest BCUT2D eigenvalue weighted by molar-refractivity contribution is 6.03. The number of rotatable bonds is 5. The zero-order valence-corrected chi connectivity index (χ0v) is 16.4. The van der Waals surface area contributed by atoms with Crippen LogP contribution in [0.3, 0.4) is 0 Å². The van der Waals surface area contributed by atoms with Crippen LogP contribution in [0, 0.1) is 0 Å². The lowest BCUT2D eigenvalue weighted by molar-refractivity contribution is -0.148. The van der Waals surface area contributed by atoms with E-state index >= 15 is 0 Å². The molecule has 0 atom stereocenters. The molecule has 1 fully saturated rings. The summed E-state index contributed by atoms with van der Waals surface area (Å²) in [5, 5.41) is 2.98. The Hall–Kier alpha value is -2.95. The van der Waals surface area contributed by atoms with Gasteiger partial charge in [-0.1, -0.05) is 0 Å². The van der Waals surface area contributed by atoms with E-state index in [1.165, 1.54) is 11.9 Å². The summed E-state index contributed by atoms with van der Waals surface area (Å²) in [5.74, 6) is 0.000505. The van der Waals surface area contributed by atoms with Crippen LogP contribution in [0.5, 0.6) is 0 Å². The molecule has 8 nitrogen and oxygen atoms in total. The lowest BCUT2D eigenvalue weighted by Gasteiger charge is -2.35. The van der Waals surface area contributed by atoms with Crippen molar-refractivity contribution in [1.82, 2.24) is 34.7 Å². The molecule has 3 aromatic heterocycles. The van der Waals surface area contributed by atoms with Gasteiger partial charge in [0.2, 0.25) is 5.95 Å². The molecular weight excluding hydrogens is 399 g/mol. The van der Waals surface area contributed by atoms with Crippen molar-refractivity contribution in [2.75, 3.05) is 13.6 Å². The number of H-pyrrole nitrogens is 1. The third-order valence-electron chi connectivity index (χ3n) is 5.43. The maximum Gasteiger partial charge on any atom is 0.401 e. The van der Waals surface area contributed by atoms with Gasteiger partial charge in [-0.15, -0.1) is 0 Å². The van der Waals surface area contributed by atoms with Crippen molar-refractivity contribution in [3.63, 3.8) is 0 Å². The van der Waals surface area contributed by atoms with Gasteiger partial charge in [0.25, 0.3) is 5.91 Å². The second kappa shape index (κ2) is 8.05. The fourth-order valence-corrected chi connectivity index (χ4v) is 3.92. The van der Waals surface area contributed by atoms with Crippen LogP contribution >= 0.6 is 0 Å². The predicted octanol–water partition coefficient (Wildman–Crippen LogP) is 2.68. The van der Waals surface area contributed by atoms with E-state index in [-0.39, 0.29) is 23.7 Å². The van der Waals surface area contributed by atoms with Crippen LogP contribution < -0.4 is 5.32 Å². The first-order valence-electron chi connectivity index (χ1n) is 9.71. The van der Waals surface area contributed by atoms with Crippen LogP contribution in [0.2, 0.25) is 0 Å². The Bertz CT molecular complexity index is 1010. The number of carbonyl (C=O) groups is 1. The van der Waals surface area contributed by atoms with E-state index in [4.69, 9.17) is 0 Å². The van der Waals surface area contributed by atoms with Crippen LogP contribution in [0.25, 0.3) is 17.0 Å². The molecule has 1 aliphatic rings. The van der Waals surface area contributed by atoms with Gasteiger partial charge >= 0.3 is 6.18 Å². The number of nitrogens with one attached hydrogen (secondary N) is 2. The minimum absolute atomic E-state index is 0.107. The van der Waals surface area contributed by atoms with Crippen LogP contribution in [0.15, 0.2) is 31.0 Å². The first-order valence-corrected chi connectivity index (χ1v) is 9.71. The molecule has 0 bridgehead atoms. The van der Waals surface area contributed by atoms with Gasteiger partial charge in [-0.25, -0.2) is 15.0 Å². The summed E-state index contributed by atoms with van der Waals surface area (Å²) in [7, 11) is 1.50. The van der Waals surface area contributed by atoms with Crippen molar-refractivity contribution in [2.45, 2.75) is 43.9 Å². The molecule has 160 valence electrons. The highest BCUT2D eigenvalue weighted by Gasteiger charge is 2.34. The Morgan fingerprint density at radius 1 is 1.30 bits per heavy atom. The van der Waals surface area contributed by atoms with Crippen molar-refractivity contribution in [3.05, 3.63) is 36.7 Å². The monoisotopic (exact) mass is 421 g/mol. The molecule has 3 aromatic rings. The van der Waals surface area contributed by atoms with Gasteiger partial charge in [-0.3, -0.25) is 14.3 Å². The number of nitrogens with zero attached hydrogens (tertiary/aromatic N) is 5. The van der Waals surface area contributed by atoms with Crippen molar-refractivity contribution < 1.29 is 18.0 Å². The summed E-state index contributed by atoms with van der Waals surface area (Å²) in [6, 6.07) is 1.52. The Morgan fingerprint density at radius 2 is 2.07 bits per heavy atom. The number of hydrogen-bond acceptors (Lipinski definition) is 5. The number of amides is 1. The van der Waals surface area contributed by atoms with Crippen molar-refractivity contribution in [1.29, 1.82) is 0 Å². The highest BCUT2D eigenvalue weighted by atomic mass is 19.4. The predicted molar refractivity (Wildman–Crippen MR) is 103 cm³/mol. The molecule has 11 heteroatoms. The summed E-state index contributed by atoms with van der Waals surface area (Å²) in [5.41, 5.74) is 1.37. The summed E-state index contributed by atoms with van der Waals surface area (Å²) >= 11 is 0. The molecular formula is C19H22F3N7O. The number of halogens is 3. The maximum absolute atomic E-state index is 12.9. The van der Waals surface area contributed by atoms with Gasteiger partial charge < -0.3 is 10.3 Å². The van der Waals surface area contributed by atoms with E-state index in [1.807, 2.05) is 0 Å². The van der Waals surface area contributed by atoms with Gasteiger partial charge in [-0.2, -0.15) is 13.2 Å². The molecule has 1 amide bonds. The van der Waals surface area contributed by atoms with Gasteiger partial charge in [0.1, 0.15) is 6.33 Å². The van der Waals surface area contributed by atoms with Crippen molar-refractivity contribution in [3.8, 4) is 5.95 Å². The molecule has 0 radical (unpaired) electrons. The number of aromatic nitrogens is 5. The van der Waals surface area contributed by atoms with Crippen LogP contribution in [-0.4, -0.2) is 67.2 Å². The van der Waals surface area contributed by atoms with Crippen LogP contribution in [-0.2, 0) is 0 Å². The molecule has 2 N–H and O–H groups in total. The van der Waals surface area contributed by atoms with Gasteiger partial charge in [0.05, 0.1) is 17.6 Å². The normalized spacial score (nSPS) is 20.0. The lowest BCUT2D eigenvalue weighted by atomic mass is 9.90. The first kappa shape index (κ1) is 20.3. The van der Waals surface area contributed by atoms with Gasteiger partial charge in [0.15, 0.2) is 5.69 Å². The summed E-state index contributed by atoms with van der Waals surface area (Å²) in [4.78, 5) is 30.1. The number of alkyl halides is 3. The van der Waals surface area contributed by atoms with Gasteiger partial charge in [-0.05, 0) is 38.8 Å². The van der Waals surface area contributed by atoms with E-state index in [1.54, 1.807) is 35.6 Å². The standard InChI is InChI=1S/C19H22F3N7O/c1-28(10-19(20,21)22)13-4-2-12(3-5-13)25-17(30)16-15-14(6-7-24-15)26-18(27-16)29-9-8-23-11-29/h6-9,11-13,24H,2-5,10H2,1H3,(H,25,30). The third kappa shape index (κ3) is 4.45. The molecule has 3 heterocycles. The lowest BCUT2D eigenvalue weighted by Crippen LogP contribution is -2.45. The molecule has 0 spiro atoms. The zero-order valence-electron chi connectivity index (χ0n) is 16.4. The SMILES string of the molecule is CN(CC(F)(F)F)C1CCC(NC(=O)c2nc(-n3ccnc3)nc3cc[nH]c23)CC1. The zero-order chi connectivity index (χ0) is 21.3. The van der Waals surface area contributed by atoms with Crippen molar-refractivity contribution in [2.24, 2.45) is 0 Å². The molecule has 4 rings (SSSR count).